The smallest absolute Gasteiger partial charge is 0.220 e. The molecule has 0 aromatic heterocycles. The zero-order valence-corrected chi connectivity index (χ0v) is 9.42. The summed E-state index contributed by atoms with van der Waals surface area (Å²) in [6.45, 7) is 7.11. The minimum atomic E-state index is -1.23. The second-order valence-electron chi connectivity index (χ2n) is 5.17. The van der Waals surface area contributed by atoms with Crippen molar-refractivity contribution in [2.24, 2.45) is 5.41 Å². The topological polar surface area (TPSA) is 69.6 Å². The third kappa shape index (κ3) is 6.86. The van der Waals surface area contributed by atoms with Gasteiger partial charge in [-0.15, -0.1) is 0 Å². The van der Waals surface area contributed by atoms with E-state index in [4.69, 9.17) is 5.11 Å². The highest BCUT2D eigenvalue weighted by atomic mass is 16.3. The second-order valence-corrected chi connectivity index (χ2v) is 5.17. The molecule has 0 aliphatic heterocycles. The van der Waals surface area contributed by atoms with Gasteiger partial charge in [-0.3, -0.25) is 4.79 Å². The molecule has 0 aromatic carbocycles. The van der Waals surface area contributed by atoms with Gasteiger partial charge < -0.3 is 15.5 Å². The molecule has 4 nitrogen and oxygen atoms in total. The predicted octanol–water partition coefficient (Wildman–Crippen LogP) is 0.282. The molecular formula is C10H21NO3. The van der Waals surface area contributed by atoms with Crippen LogP contribution in [0.4, 0.5) is 0 Å². The van der Waals surface area contributed by atoms with E-state index >= 15 is 0 Å². The van der Waals surface area contributed by atoms with Crippen LogP contribution in [-0.4, -0.2) is 34.9 Å². The van der Waals surface area contributed by atoms with Gasteiger partial charge in [0.2, 0.25) is 5.91 Å². The van der Waals surface area contributed by atoms with Crippen LogP contribution in [0.3, 0.4) is 0 Å². The van der Waals surface area contributed by atoms with Crippen molar-refractivity contribution >= 4 is 5.91 Å². The minimum absolute atomic E-state index is 0.0604. The predicted molar refractivity (Wildman–Crippen MR) is 54.8 cm³/mol. The van der Waals surface area contributed by atoms with Crippen molar-refractivity contribution in [3.8, 4) is 0 Å². The summed E-state index contributed by atoms with van der Waals surface area (Å²) in [7, 11) is 0. The molecule has 1 atom stereocenters. The fourth-order valence-corrected chi connectivity index (χ4v) is 0.889. The summed E-state index contributed by atoms with van der Waals surface area (Å²) in [6.07, 6.45) is 0.411. The van der Waals surface area contributed by atoms with E-state index in [0.717, 1.165) is 0 Å². The zero-order valence-electron chi connectivity index (χ0n) is 9.42. The second kappa shape index (κ2) is 4.75. The molecule has 4 heteroatoms. The Kier molecular flexibility index (Phi) is 4.55. The number of amides is 1. The number of rotatable bonds is 4. The monoisotopic (exact) mass is 203 g/mol. The van der Waals surface area contributed by atoms with Gasteiger partial charge in [0.05, 0.1) is 6.61 Å². The summed E-state index contributed by atoms with van der Waals surface area (Å²) < 4.78 is 0. The molecule has 84 valence electrons. The maximum atomic E-state index is 11.3. The standard InChI is InChI=1S/C10H21NO3/c1-9(2,3)5-8(13)11-6-10(4,14)7-12/h12,14H,5-7H2,1-4H3,(H,11,13). The highest BCUT2D eigenvalue weighted by molar-refractivity contribution is 5.76. The molecule has 14 heavy (non-hydrogen) atoms. The van der Waals surface area contributed by atoms with Crippen LogP contribution in [0.15, 0.2) is 0 Å². The Bertz CT molecular complexity index is 194. The molecular weight excluding hydrogens is 182 g/mol. The summed E-state index contributed by atoms with van der Waals surface area (Å²) in [5.41, 5.74) is -1.29. The van der Waals surface area contributed by atoms with Gasteiger partial charge in [0, 0.05) is 13.0 Å². The first kappa shape index (κ1) is 13.4. The van der Waals surface area contributed by atoms with Crippen LogP contribution in [-0.2, 0) is 4.79 Å². The van der Waals surface area contributed by atoms with Crippen molar-refractivity contribution in [2.45, 2.75) is 39.7 Å². The lowest BCUT2D eigenvalue weighted by molar-refractivity contribution is -0.124. The Balaban J connectivity index is 3.87. The molecule has 1 amide bonds. The van der Waals surface area contributed by atoms with Crippen LogP contribution < -0.4 is 5.32 Å². The molecule has 0 aliphatic rings. The Labute approximate surface area is 85.3 Å². The van der Waals surface area contributed by atoms with Crippen LogP contribution in [0.1, 0.15) is 34.1 Å². The number of nitrogens with one attached hydrogen (secondary N) is 1. The number of carbonyl (C=O) groups excluding carboxylic acids is 1. The lowest BCUT2D eigenvalue weighted by Crippen LogP contribution is -2.43. The summed E-state index contributed by atoms with van der Waals surface area (Å²) in [5, 5.41) is 20.7. The van der Waals surface area contributed by atoms with Gasteiger partial charge in [0.15, 0.2) is 0 Å². The SMILES string of the molecule is CC(C)(C)CC(=O)NCC(C)(O)CO. The van der Waals surface area contributed by atoms with Crippen molar-refractivity contribution in [3.63, 3.8) is 0 Å². The third-order valence-corrected chi connectivity index (χ3v) is 1.70. The summed E-state index contributed by atoms with van der Waals surface area (Å²) in [4.78, 5) is 11.3. The fraction of sp³-hybridized carbons (Fsp3) is 0.900. The first-order chi connectivity index (χ1) is 6.16. The fourth-order valence-electron chi connectivity index (χ4n) is 0.889. The van der Waals surface area contributed by atoms with Crippen molar-refractivity contribution < 1.29 is 15.0 Å². The molecule has 0 aliphatic carbocycles. The van der Waals surface area contributed by atoms with E-state index in [1.54, 1.807) is 0 Å². The third-order valence-electron chi connectivity index (χ3n) is 1.70. The normalized spacial score (nSPS) is 16.1. The van der Waals surface area contributed by atoms with E-state index in [1.807, 2.05) is 20.8 Å². The number of aliphatic hydroxyl groups excluding tert-OH is 1. The first-order valence-corrected chi connectivity index (χ1v) is 4.76. The van der Waals surface area contributed by atoms with E-state index < -0.39 is 5.60 Å². The van der Waals surface area contributed by atoms with E-state index in [1.165, 1.54) is 6.92 Å². The van der Waals surface area contributed by atoms with Crippen molar-refractivity contribution in [1.29, 1.82) is 0 Å². The maximum absolute atomic E-state index is 11.3. The summed E-state index contributed by atoms with van der Waals surface area (Å²) >= 11 is 0. The number of hydrogen-bond donors (Lipinski definition) is 3. The van der Waals surface area contributed by atoms with Gasteiger partial charge >= 0.3 is 0 Å². The first-order valence-electron chi connectivity index (χ1n) is 4.76. The van der Waals surface area contributed by atoms with Crippen LogP contribution in [0.2, 0.25) is 0 Å². The average Bonchev–Trinajstić information content (AvgIpc) is 1.98. The molecule has 0 saturated carbocycles. The molecule has 0 aromatic rings. The van der Waals surface area contributed by atoms with Crippen LogP contribution in [0, 0.1) is 5.41 Å². The molecule has 0 heterocycles. The van der Waals surface area contributed by atoms with E-state index in [-0.39, 0.29) is 24.5 Å². The van der Waals surface area contributed by atoms with Crippen LogP contribution >= 0.6 is 0 Å². The molecule has 0 bridgehead atoms. The van der Waals surface area contributed by atoms with E-state index in [9.17, 15) is 9.90 Å². The molecule has 1 unspecified atom stereocenters. The van der Waals surface area contributed by atoms with Gasteiger partial charge in [-0.05, 0) is 12.3 Å². The highest BCUT2D eigenvalue weighted by Gasteiger charge is 2.21. The lowest BCUT2D eigenvalue weighted by Gasteiger charge is -2.22. The molecule has 3 N–H and O–H groups in total. The molecule has 0 radical (unpaired) electrons. The minimum Gasteiger partial charge on any atom is -0.393 e. The van der Waals surface area contributed by atoms with Crippen molar-refractivity contribution in [1.82, 2.24) is 5.32 Å². The van der Waals surface area contributed by atoms with Gasteiger partial charge in [-0.1, -0.05) is 20.8 Å². The largest absolute Gasteiger partial charge is 0.393 e. The number of hydrogen-bond acceptors (Lipinski definition) is 3. The summed E-state index contributed by atoms with van der Waals surface area (Å²) in [6, 6.07) is 0. The lowest BCUT2D eigenvalue weighted by atomic mass is 9.92. The molecule has 0 fully saturated rings. The molecule has 0 saturated heterocycles. The Morgan fingerprint density at radius 2 is 1.79 bits per heavy atom. The number of carbonyl (C=O) groups is 1. The van der Waals surface area contributed by atoms with Crippen molar-refractivity contribution in [3.05, 3.63) is 0 Å². The van der Waals surface area contributed by atoms with Gasteiger partial charge in [-0.2, -0.15) is 0 Å². The highest BCUT2D eigenvalue weighted by Crippen LogP contribution is 2.17. The van der Waals surface area contributed by atoms with Crippen LogP contribution in [0.25, 0.3) is 0 Å². The zero-order chi connectivity index (χ0) is 11.4. The Morgan fingerprint density at radius 1 is 1.29 bits per heavy atom. The molecule has 0 spiro atoms. The Hall–Kier alpha value is -0.610. The van der Waals surface area contributed by atoms with Crippen LogP contribution in [0.5, 0.6) is 0 Å². The average molecular weight is 203 g/mol. The number of aliphatic hydroxyl groups is 2. The van der Waals surface area contributed by atoms with Gasteiger partial charge in [0.25, 0.3) is 0 Å². The molecule has 0 rings (SSSR count). The van der Waals surface area contributed by atoms with E-state index in [0.29, 0.717) is 6.42 Å². The summed E-state index contributed by atoms with van der Waals surface area (Å²) in [5.74, 6) is -0.105. The van der Waals surface area contributed by atoms with E-state index in [2.05, 4.69) is 5.32 Å². The van der Waals surface area contributed by atoms with Crippen molar-refractivity contribution in [2.75, 3.05) is 13.2 Å². The van der Waals surface area contributed by atoms with Gasteiger partial charge in [-0.25, -0.2) is 0 Å². The maximum Gasteiger partial charge on any atom is 0.220 e. The Morgan fingerprint density at radius 3 is 2.14 bits per heavy atom. The quantitative estimate of drug-likeness (QED) is 0.615. The van der Waals surface area contributed by atoms with Gasteiger partial charge in [0.1, 0.15) is 5.60 Å².